The zero-order valence-corrected chi connectivity index (χ0v) is 14.1. The number of aryl methyl sites for hydroxylation is 1. The molecule has 0 bridgehead atoms. The molecular formula is C18H23N3O4. The minimum absolute atomic E-state index is 0.0360. The zero-order valence-electron chi connectivity index (χ0n) is 14.1. The van der Waals surface area contributed by atoms with Crippen molar-refractivity contribution in [3.05, 3.63) is 30.1 Å². The highest BCUT2D eigenvalue weighted by molar-refractivity contribution is 5.87. The average Bonchev–Trinajstić information content (AvgIpc) is 3.01. The lowest BCUT2D eigenvalue weighted by molar-refractivity contribution is -0.142. The summed E-state index contributed by atoms with van der Waals surface area (Å²) in [7, 11) is 0. The van der Waals surface area contributed by atoms with E-state index in [1.165, 1.54) is 5.56 Å². The molecular weight excluding hydrogens is 322 g/mol. The quantitative estimate of drug-likeness (QED) is 0.766. The summed E-state index contributed by atoms with van der Waals surface area (Å²) in [6.07, 6.45) is 7.11. The van der Waals surface area contributed by atoms with Crippen molar-refractivity contribution in [2.45, 2.75) is 38.1 Å². The van der Waals surface area contributed by atoms with Gasteiger partial charge in [-0.25, -0.2) is 0 Å². The molecule has 0 radical (unpaired) electrons. The summed E-state index contributed by atoms with van der Waals surface area (Å²) in [5.74, 6) is -0.512. The van der Waals surface area contributed by atoms with Crippen LogP contribution in [0.2, 0.25) is 0 Å². The van der Waals surface area contributed by atoms with Gasteiger partial charge in [0.15, 0.2) is 0 Å². The van der Waals surface area contributed by atoms with Gasteiger partial charge in [0.1, 0.15) is 6.61 Å². The lowest BCUT2D eigenvalue weighted by Gasteiger charge is -2.32. The molecule has 2 atom stereocenters. The summed E-state index contributed by atoms with van der Waals surface area (Å²) in [5, 5.41) is 2.76. The Balaban J connectivity index is 1.47. The number of carbonyl (C=O) groups is 3. The van der Waals surface area contributed by atoms with Crippen molar-refractivity contribution in [3.63, 3.8) is 0 Å². The maximum absolute atomic E-state index is 12.6. The zero-order chi connectivity index (χ0) is 17.6. The smallest absolute Gasteiger partial charge is 0.308 e. The Labute approximate surface area is 146 Å². The minimum atomic E-state index is -0.296. The van der Waals surface area contributed by atoms with Gasteiger partial charge in [-0.2, -0.15) is 0 Å². The molecule has 0 spiro atoms. The molecule has 0 saturated carbocycles. The third-order valence-electron chi connectivity index (χ3n) is 4.73. The van der Waals surface area contributed by atoms with Crippen LogP contribution in [0.5, 0.6) is 0 Å². The number of rotatable bonds is 6. The molecule has 3 heterocycles. The first-order valence-corrected chi connectivity index (χ1v) is 8.74. The molecule has 0 aromatic carbocycles. The molecule has 0 aliphatic carbocycles. The van der Waals surface area contributed by atoms with E-state index in [0.29, 0.717) is 6.54 Å². The van der Waals surface area contributed by atoms with E-state index in [4.69, 9.17) is 4.74 Å². The maximum atomic E-state index is 12.6. The number of hydrogen-bond acceptors (Lipinski definition) is 5. The van der Waals surface area contributed by atoms with Crippen LogP contribution in [0, 0.1) is 5.92 Å². The number of carbonyl (C=O) groups excluding carboxylic acids is 3. The maximum Gasteiger partial charge on any atom is 0.308 e. The van der Waals surface area contributed by atoms with Crippen LogP contribution >= 0.6 is 0 Å². The van der Waals surface area contributed by atoms with Crippen LogP contribution < -0.4 is 5.32 Å². The number of nitrogens with zero attached hydrogens (tertiary/aromatic N) is 2. The highest BCUT2D eigenvalue weighted by Gasteiger charge is 2.31. The van der Waals surface area contributed by atoms with Crippen molar-refractivity contribution < 1.29 is 19.1 Å². The number of pyridine rings is 1. The molecule has 1 aromatic heterocycles. The Kier molecular flexibility index (Phi) is 5.63. The largest absolute Gasteiger partial charge is 0.463 e. The van der Waals surface area contributed by atoms with Crippen molar-refractivity contribution in [3.8, 4) is 0 Å². The standard InChI is InChI=1S/C18H23N3O4/c22-16(20-15-10-17(23)25-12-15)11-21-9-1-2-14(18(21)24)4-3-13-5-7-19-8-6-13/h5-8,14-15H,1-4,9-12H2,(H,20,22). The third kappa shape index (κ3) is 4.78. The molecule has 2 aliphatic rings. The van der Waals surface area contributed by atoms with Gasteiger partial charge < -0.3 is 15.0 Å². The molecule has 2 unspecified atom stereocenters. The van der Waals surface area contributed by atoms with Gasteiger partial charge in [-0.3, -0.25) is 19.4 Å². The summed E-state index contributed by atoms with van der Waals surface area (Å²) in [5.41, 5.74) is 1.17. The van der Waals surface area contributed by atoms with Crippen LogP contribution in [-0.4, -0.2) is 53.4 Å². The van der Waals surface area contributed by atoms with Gasteiger partial charge in [-0.15, -0.1) is 0 Å². The van der Waals surface area contributed by atoms with Gasteiger partial charge in [0.2, 0.25) is 11.8 Å². The fraction of sp³-hybridized carbons (Fsp3) is 0.556. The summed E-state index contributed by atoms with van der Waals surface area (Å²) >= 11 is 0. The van der Waals surface area contributed by atoms with Crippen LogP contribution in [0.25, 0.3) is 0 Å². The summed E-state index contributed by atoms with van der Waals surface area (Å²) in [4.78, 5) is 41.4. The number of ether oxygens (including phenoxy) is 1. The molecule has 7 nitrogen and oxygen atoms in total. The summed E-state index contributed by atoms with van der Waals surface area (Å²) in [6.45, 7) is 0.875. The minimum Gasteiger partial charge on any atom is -0.463 e. The predicted molar refractivity (Wildman–Crippen MR) is 89.4 cm³/mol. The number of cyclic esters (lactones) is 1. The number of likely N-dealkylation sites (tertiary alicyclic amines) is 1. The van der Waals surface area contributed by atoms with E-state index in [0.717, 1.165) is 25.7 Å². The van der Waals surface area contributed by atoms with Crippen molar-refractivity contribution in [1.29, 1.82) is 0 Å². The van der Waals surface area contributed by atoms with E-state index in [9.17, 15) is 14.4 Å². The predicted octanol–water partition coefficient (Wildman–Crippen LogP) is 0.684. The monoisotopic (exact) mass is 345 g/mol. The number of aromatic nitrogens is 1. The molecule has 2 saturated heterocycles. The summed E-state index contributed by atoms with van der Waals surface area (Å²) in [6, 6.07) is 3.65. The molecule has 25 heavy (non-hydrogen) atoms. The van der Waals surface area contributed by atoms with Gasteiger partial charge in [0.25, 0.3) is 0 Å². The Hall–Kier alpha value is -2.44. The van der Waals surface area contributed by atoms with Gasteiger partial charge >= 0.3 is 5.97 Å². The van der Waals surface area contributed by atoms with Gasteiger partial charge in [0, 0.05) is 24.9 Å². The van der Waals surface area contributed by atoms with Gasteiger partial charge in [-0.1, -0.05) is 0 Å². The molecule has 2 fully saturated rings. The Bertz CT molecular complexity index is 634. The second-order valence-corrected chi connectivity index (χ2v) is 6.64. The van der Waals surface area contributed by atoms with Crippen molar-refractivity contribution in [2.24, 2.45) is 5.92 Å². The molecule has 3 rings (SSSR count). The van der Waals surface area contributed by atoms with E-state index < -0.39 is 0 Å². The average molecular weight is 345 g/mol. The highest BCUT2D eigenvalue weighted by Crippen LogP contribution is 2.22. The van der Waals surface area contributed by atoms with Crippen molar-refractivity contribution >= 4 is 17.8 Å². The van der Waals surface area contributed by atoms with E-state index in [1.54, 1.807) is 17.3 Å². The van der Waals surface area contributed by atoms with Gasteiger partial charge in [0.05, 0.1) is 19.0 Å². The molecule has 1 aromatic rings. The number of piperidine rings is 1. The lowest BCUT2D eigenvalue weighted by atomic mass is 9.91. The van der Waals surface area contributed by atoms with E-state index >= 15 is 0 Å². The first-order valence-electron chi connectivity index (χ1n) is 8.74. The molecule has 1 N–H and O–H groups in total. The van der Waals surface area contributed by atoms with Crippen LogP contribution in [-0.2, 0) is 25.5 Å². The fourth-order valence-electron chi connectivity index (χ4n) is 3.39. The second kappa shape index (κ2) is 8.09. The Morgan fingerprint density at radius 2 is 2.12 bits per heavy atom. The van der Waals surface area contributed by atoms with E-state index in [2.05, 4.69) is 10.3 Å². The highest BCUT2D eigenvalue weighted by atomic mass is 16.5. The third-order valence-corrected chi connectivity index (χ3v) is 4.73. The number of hydrogen-bond donors (Lipinski definition) is 1. The lowest BCUT2D eigenvalue weighted by Crippen LogP contribution is -2.48. The van der Waals surface area contributed by atoms with Gasteiger partial charge in [-0.05, 0) is 43.4 Å². The molecule has 134 valence electrons. The van der Waals surface area contributed by atoms with Crippen LogP contribution in [0.3, 0.4) is 0 Å². The van der Waals surface area contributed by atoms with E-state index in [-0.39, 0.29) is 49.3 Å². The molecule has 2 amide bonds. The SMILES string of the molecule is O=C(CN1CCCC(CCc2ccncc2)C1=O)NC1COC(=O)C1. The van der Waals surface area contributed by atoms with Crippen LogP contribution in [0.1, 0.15) is 31.2 Å². The second-order valence-electron chi connectivity index (χ2n) is 6.64. The Morgan fingerprint density at radius 3 is 2.84 bits per heavy atom. The molecule has 2 aliphatic heterocycles. The topological polar surface area (TPSA) is 88.6 Å². The normalized spacial score (nSPS) is 23.4. The molecule has 7 heteroatoms. The van der Waals surface area contributed by atoms with Crippen LogP contribution in [0.4, 0.5) is 0 Å². The number of amides is 2. The summed E-state index contributed by atoms with van der Waals surface area (Å²) < 4.78 is 4.83. The number of nitrogens with one attached hydrogen (secondary N) is 1. The first kappa shape index (κ1) is 17.4. The number of esters is 1. The first-order chi connectivity index (χ1) is 12.1. The van der Waals surface area contributed by atoms with Crippen LogP contribution in [0.15, 0.2) is 24.5 Å². The fourth-order valence-corrected chi connectivity index (χ4v) is 3.39. The van der Waals surface area contributed by atoms with E-state index in [1.807, 2.05) is 12.1 Å². The Morgan fingerprint density at radius 1 is 1.32 bits per heavy atom. The van der Waals surface area contributed by atoms with Crippen molar-refractivity contribution in [1.82, 2.24) is 15.2 Å². The van der Waals surface area contributed by atoms with Crippen molar-refractivity contribution in [2.75, 3.05) is 19.7 Å².